The summed E-state index contributed by atoms with van der Waals surface area (Å²) >= 11 is 3.36. The van der Waals surface area contributed by atoms with Gasteiger partial charge in [0, 0.05) is 23.8 Å². The highest BCUT2D eigenvalue weighted by Gasteiger charge is 1.96. The summed E-state index contributed by atoms with van der Waals surface area (Å²) in [5, 5.41) is 3.33. The monoisotopic (exact) mass is 324 g/mol. The molecule has 0 aliphatic heterocycles. The van der Waals surface area contributed by atoms with Crippen LogP contribution in [0.2, 0.25) is 0 Å². The molecule has 0 aliphatic rings. The highest BCUT2D eigenvalue weighted by Crippen LogP contribution is 2.07. The molecule has 0 amide bonds. The summed E-state index contributed by atoms with van der Waals surface area (Å²) in [4.78, 5) is 4.29. The van der Waals surface area contributed by atoms with E-state index in [-0.39, 0.29) is 0 Å². The van der Waals surface area contributed by atoms with Crippen molar-refractivity contribution in [3.05, 3.63) is 52.7 Å². The summed E-state index contributed by atoms with van der Waals surface area (Å²) in [5.74, 6) is 0.868. The highest BCUT2D eigenvalue weighted by atomic mass is 79.9. The van der Waals surface area contributed by atoms with E-state index in [1.165, 1.54) is 0 Å². The van der Waals surface area contributed by atoms with Crippen molar-refractivity contribution >= 4 is 15.9 Å². The van der Waals surface area contributed by atoms with Crippen LogP contribution in [-0.4, -0.2) is 18.1 Å². The van der Waals surface area contributed by atoms with Gasteiger partial charge in [0.2, 0.25) is 0 Å². The molecule has 0 aromatic carbocycles. The maximum Gasteiger partial charge on any atom is 0.129 e. The molecule has 2 heterocycles. The molecule has 0 unspecified atom stereocenters. The molecule has 2 aromatic heterocycles. The lowest BCUT2D eigenvalue weighted by molar-refractivity contribution is 0.104. The first kappa shape index (κ1) is 14.2. The van der Waals surface area contributed by atoms with Gasteiger partial charge >= 0.3 is 0 Å². The summed E-state index contributed by atoms with van der Waals surface area (Å²) in [6.45, 7) is 2.96. The van der Waals surface area contributed by atoms with Crippen LogP contribution in [-0.2, 0) is 17.9 Å². The molecule has 0 fully saturated rings. The number of nitrogens with one attached hydrogen (secondary N) is 1. The van der Waals surface area contributed by atoms with Crippen molar-refractivity contribution in [3.8, 4) is 0 Å². The van der Waals surface area contributed by atoms with E-state index in [0.717, 1.165) is 42.0 Å². The first-order chi connectivity index (χ1) is 9.34. The molecule has 19 heavy (non-hydrogen) atoms. The van der Waals surface area contributed by atoms with Gasteiger partial charge in [0.05, 0.1) is 12.0 Å². The number of halogens is 1. The second-order valence-electron chi connectivity index (χ2n) is 4.13. The maximum atomic E-state index is 5.49. The number of hydrogen-bond donors (Lipinski definition) is 1. The fraction of sp³-hybridized carbons (Fsp3) is 0.357. The molecule has 0 atom stereocenters. The van der Waals surface area contributed by atoms with Crippen molar-refractivity contribution < 1.29 is 9.15 Å². The average Bonchev–Trinajstić information content (AvgIpc) is 2.93. The van der Waals surface area contributed by atoms with Gasteiger partial charge in [-0.05, 0) is 53.2 Å². The van der Waals surface area contributed by atoms with Crippen LogP contribution in [0.15, 0.2) is 45.6 Å². The third kappa shape index (κ3) is 5.55. The lowest BCUT2D eigenvalue weighted by Crippen LogP contribution is -2.17. The smallest absolute Gasteiger partial charge is 0.129 e. The van der Waals surface area contributed by atoms with Gasteiger partial charge in [0.1, 0.15) is 12.4 Å². The molecule has 0 aliphatic carbocycles. The van der Waals surface area contributed by atoms with E-state index in [9.17, 15) is 0 Å². The molecule has 0 spiro atoms. The SMILES string of the molecule is Brc1ccc(CNCCCOCc2ccco2)nc1. The summed E-state index contributed by atoms with van der Waals surface area (Å²) < 4.78 is 11.7. The van der Waals surface area contributed by atoms with Crippen molar-refractivity contribution in [3.63, 3.8) is 0 Å². The molecule has 1 N–H and O–H groups in total. The molecular formula is C14H17BrN2O2. The first-order valence-corrected chi connectivity index (χ1v) is 7.05. The van der Waals surface area contributed by atoms with Crippen LogP contribution >= 0.6 is 15.9 Å². The summed E-state index contributed by atoms with van der Waals surface area (Å²) in [6.07, 6.45) is 4.44. The summed E-state index contributed by atoms with van der Waals surface area (Å²) in [5.41, 5.74) is 1.04. The van der Waals surface area contributed by atoms with Crippen molar-refractivity contribution in [2.24, 2.45) is 0 Å². The van der Waals surface area contributed by atoms with E-state index in [1.807, 2.05) is 30.5 Å². The molecule has 0 radical (unpaired) electrons. The number of furan rings is 1. The van der Waals surface area contributed by atoms with Crippen LogP contribution in [0.1, 0.15) is 17.9 Å². The Bertz CT molecular complexity index is 457. The predicted molar refractivity (Wildman–Crippen MR) is 76.6 cm³/mol. The van der Waals surface area contributed by atoms with E-state index in [4.69, 9.17) is 9.15 Å². The highest BCUT2D eigenvalue weighted by molar-refractivity contribution is 9.10. The normalized spacial score (nSPS) is 10.8. The van der Waals surface area contributed by atoms with Crippen LogP contribution < -0.4 is 5.32 Å². The van der Waals surface area contributed by atoms with E-state index in [0.29, 0.717) is 6.61 Å². The second-order valence-corrected chi connectivity index (χ2v) is 5.05. The Morgan fingerprint density at radius 2 is 2.26 bits per heavy atom. The average molecular weight is 325 g/mol. The second kappa shape index (κ2) is 8.09. The van der Waals surface area contributed by atoms with Gasteiger partial charge in [0.25, 0.3) is 0 Å². The van der Waals surface area contributed by atoms with Gasteiger partial charge in [0.15, 0.2) is 0 Å². The predicted octanol–water partition coefficient (Wildman–Crippen LogP) is 3.13. The van der Waals surface area contributed by atoms with Gasteiger partial charge in [-0.25, -0.2) is 0 Å². The van der Waals surface area contributed by atoms with Gasteiger partial charge in [-0.1, -0.05) is 0 Å². The van der Waals surface area contributed by atoms with E-state index >= 15 is 0 Å². The molecule has 4 nitrogen and oxygen atoms in total. The van der Waals surface area contributed by atoms with Crippen molar-refractivity contribution in [1.29, 1.82) is 0 Å². The van der Waals surface area contributed by atoms with Gasteiger partial charge in [-0.3, -0.25) is 4.98 Å². The molecule has 0 saturated carbocycles. The number of rotatable bonds is 8. The largest absolute Gasteiger partial charge is 0.467 e. The molecule has 0 saturated heterocycles. The van der Waals surface area contributed by atoms with Crippen molar-refractivity contribution in [2.45, 2.75) is 19.6 Å². The summed E-state index contributed by atoms with van der Waals surface area (Å²) in [7, 11) is 0. The molecule has 2 aromatic rings. The molecule has 2 rings (SSSR count). The summed E-state index contributed by atoms with van der Waals surface area (Å²) in [6, 6.07) is 7.78. The number of hydrogen-bond acceptors (Lipinski definition) is 4. The van der Waals surface area contributed by atoms with Gasteiger partial charge < -0.3 is 14.5 Å². The molecular weight excluding hydrogens is 308 g/mol. The van der Waals surface area contributed by atoms with Crippen LogP contribution in [0.4, 0.5) is 0 Å². The van der Waals surface area contributed by atoms with E-state index < -0.39 is 0 Å². The Balaban J connectivity index is 1.49. The lowest BCUT2D eigenvalue weighted by Gasteiger charge is -2.05. The minimum absolute atomic E-state index is 0.543. The Hall–Kier alpha value is -1.17. The standard InChI is InChI=1S/C14H17BrN2O2/c15-12-4-5-13(17-9-12)10-16-6-2-7-18-11-14-3-1-8-19-14/h1,3-5,8-9,16H,2,6-7,10-11H2. The van der Waals surface area contributed by atoms with Crippen molar-refractivity contribution in [2.75, 3.05) is 13.2 Å². The number of nitrogens with zero attached hydrogens (tertiary/aromatic N) is 1. The fourth-order valence-electron chi connectivity index (χ4n) is 1.59. The van der Waals surface area contributed by atoms with Crippen LogP contribution in [0.3, 0.4) is 0 Å². The molecule has 0 bridgehead atoms. The topological polar surface area (TPSA) is 47.3 Å². The van der Waals surface area contributed by atoms with Crippen molar-refractivity contribution in [1.82, 2.24) is 10.3 Å². The third-order valence-corrected chi connectivity index (χ3v) is 3.03. The zero-order valence-electron chi connectivity index (χ0n) is 10.6. The quantitative estimate of drug-likeness (QED) is 0.758. The number of pyridine rings is 1. The minimum Gasteiger partial charge on any atom is -0.467 e. The number of aromatic nitrogens is 1. The third-order valence-electron chi connectivity index (χ3n) is 2.56. The van der Waals surface area contributed by atoms with E-state index in [2.05, 4.69) is 26.2 Å². The van der Waals surface area contributed by atoms with Crippen LogP contribution in [0.5, 0.6) is 0 Å². The fourth-order valence-corrected chi connectivity index (χ4v) is 1.83. The Morgan fingerprint density at radius 3 is 3.00 bits per heavy atom. The zero-order chi connectivity index (χ0) is 13.3. The zero-order valence-corrected chi connectivity index (χ0v) is 12.2. The van der Waals surface area contributed by atoms with Crippen LogP contribution in [0.25, 0.3) is 0 Å². The lowest BCUT2D eigenvalue weighted by atomic mass is 10.3. The Morgan fingerprint density at radius 1 is 1.32 bits per heavy atom. The van der Waals surface area contributed by atoms with Crippen LogP contribution in [0, 0.1) is 0 Å². The Labute approximate surface area is 121 Å². The molecule has 5 heteroatoms. The minimum atomic E-state index is 0.543. The maximum absolute atomic E-state index is 5.49. The van der Waals surface area contributed by atoms with E-state index in [1.54, 1.807) is 6.26 Å². The van der Waals surface area contributed by atoms with Gasteiger partial charge in [-0.15, -0.1) is 0 Å². The first-order valence-electron chi connectivity index (χ1n) is 6.26. The van der Waals surface area contributed by atoms with Gasteiger partial charge in [-0.2, -0.15) is 0 Å². The number of ether oxygens (including phenoxy) is 1. The Kier molecular flexibility index (Phi) is 6.07. The molecule has 102 valence electrons.